The van der Waals surface area contributed by atoms with Crippen molar-refractivity contribution in [1.29, 1.82) is 0 Å². The third-order valence-electron chi connectivity index (χ3n) is 3.61. The van der Waals surface area contributed by atoms with Crippen molar-refractivity contribution in [2.75, 3.05) is 13.1 Å². The van der Waals surface area contributed by atoms with Gasteiger partial charge in [-0.2, -0.15) is 0 Å². The van der Waals surface area contributed by atoms with Crippen LogP contribution in [0.4, 0.5) is 0 Å². The largest absolute Gasteiger partial charge is 0.480 e. The first-order chi connectivity index (χ1) is 6.62. The first kappa shape index (κ1) is 9.93. The summed E-state index contributed by atoms with van der Waals surface area (Å²) in [6, 6.07) is 0.415. The Morgan fingerprint density at radius 2 is 2.07 bits per heavy atom. The van der Waals surface area contributed by atoms with Gasteiger partial charge in [-0.15, -0.1) is 0 Å². The highest BCUT2D eigenvalue weighted by Gasteiger charge is 2.44. The molecule has 14 heavy (non-hydrogen) atoms. The average molecular weight is 198 g/mol. The second kappa shape index (κ2) is 3.51. The molecular formula is C10H18N2O2. The Balaban J connectivity index is 1.96. The van der Waals surface area contributed by atoms with Crippen LogP contribution in [0.1, 0.15) is 32.1 Å². The lowest BCUT2D eigenvalue weighted by atomic mass is 9.99. The second-order valence-electron chi connectivity index (χ2n) is 4.60. The summed E-state index contributed by atoms with van der Waals surface area (Å²) in [4.78, 5) is 13.3. The molecule has 1 aliphatic carbocycles. The number of likely N-dealkylation sites (tertiary alicyclic amines) is 1. The maximum atomic E-state index is 10.9. The number of hydrogen-bond acceptors (Lipinski definition) is 3. The smallest absolute Gasteiger partial charge is 0.323 e. The minimum absolute atomic E-state index is 0.415. The van der Waals surface area contributed by atoms with E-state index in [4.69, 9.17) is 10.8 Å². The molecule has 2 atom stereocenters. The van der Waals surface area contributed by atoms with Crippen molar-refractivity contribution in [2.45, 2.75) is 43.7 Å². The van der Waals surface area contributed by atoms with E-state index in [-0.39, 0.29) is 0 Å². The predicted molar refractivity (Wildman–Crippen MR) is 53.0 cm³/mol. The highest BCUT2D eigenvalue weighted by Crippen LogP contribution is 2.32. The van der Waals surface area contributed by atoms with Crippen LogP contribution in [0.5, 0.6) is 0 Å². The van der Waals surface area contributed by atoms with Gasteiger partial charge < -0.3 is 15.7 Å². The minimum atomic E-state index is -0.951. The topological polar surface area (TPSA) is 66.6 Å². The fraction of sp³-hybridized carbons (Fsp3) is 0.900. The van der Waals surface area contributed by atoms with Gasteiger partial charge in [-0.25, -0.2) is 0 Å². The zero-order valence-corrected chi connectivity index (χ0v) is 8.41. The van der Waals surface area contributed by atoms with Gasteiger partial charge in [-0.3, -0.25) is 4.79 Å². The molecule has 2 unspecified atom stereocenters. The lowest BCUT2D eigenvalue weighted by molar-refractivity contribution is -0.143. The van der Waals surface area contributed by atoms with E-state index in [2.05, 4.69) is 4.90 Å². The molecule has 1 heterocycles. The zero-order valence-electron chi connectivity index (χ0n) is 8.41. The number of rotatable bonds is 2. The van der Waals surface area contributed by atoms with Gasteiger partial charge in [0.25, 0.3) is 0 Å². The summed E-state index contributed by atoms with van der Waals surface area (Å²) in [5, 5.41) is 8.99. The molecule has 2 rings (SSSR count). The van der Waals surface area contributed by atoms with Crippen molar-refractivity contribution in [3.63, 3.8) is 0 Å². The third kappa shape index (κ3) is 1.64. The van der Waals surface area contributed by atoms with Crippen molar-refractivity contribution >= 4 is 5.97 Å². The summed E-state index contributed by atoms with van der Waals surface area (Å²) < 4.78 is 0. The highest BCUT2D eigenvalue weighted by molar-refractivity contribution is 5.79. The van der Waals surface area contributed by atoms with Crippen LogP contribution in [0.3, 0.4) is 0 Å². The van der Waals surface area contributed by atoms with Gasteiger partial charge in [-0.05, 0) is 45.2 Å². The summed E-state index contributed by atoms with van der Waals surface area (Å²) >= 11 is 0. The molecule has 4 heteroatoms. The van der Waals surface area contributed by atoms with E-state index in [1.165, 1.54) is 12.8 Å². The Labute approximate surface area is 84.1 Å². The van der Waals surface area contributed by atoms with E-state index >= 15 is 0 Å². The maximum absolute atomic E-state index is 10.9. The van der Waals surface area contributed by atoms with Gasteiger partial charge in [-0.1, -0.05) is 0 Å². The van der Waals surface area contributed by atoms with Crippen LogP contribution in [0.15, 0.2) is 0 Å². The second-order valence-corrected chi connectivity index (χ2v) is 4.60. The molecule has 2 fully saturated rings. The van der Waals surface area contributed by atoms with Crippen molar-refractivity contribution in [2.24, 2.45) is 5.73 Å². The number of hydrogen-bond donors (Lipinski definition) is 2. The molecule has 0 radical (unpaired) electrons. The number of nitrogens with zero attached hydrogens (tertiary/aromatic N) is 1. The molecule has 80 valence electrons. The lowest BCUT2D eigenvalue weighted by Gasteiger charge is -2.24. The third-order valence-corrected chi connectivity index (χ3v) is 3.61. The van der Waals surface area contributed by atoms with Crippen molar-refractivity contribution in [3.8, 4) is 0 Å². The van der Waals surface area contributed by atoms with Crippen LogP contribution in [0.25, 0.3) is 0 Å². The van der Waals surface area contributed by atoms with Crippen LogP contribution in [-0.4, -0.2) is 40.6 Å². The van der Waals surface area contributed by atoms with E-state index in [0.717, 1.165) is 19.5 Å². The Kier molecular flexibility index (Phi) is 2.49. The first-order valence-electron chi connectivity index (χ1n) is 5.38. The Hall–Kier alpha value is -0.610. The number of carboxylic acid groups (broad SMARTS) is 1. The van der Waals surface area contributed by atoms with Crippen LogP contribution in [0, 0.1) is 0 Å². The van der Waals surface area contributed by atoms with Gasteiger partial charge in [0, 0.05) is 6.04 Å². The number of carbonyl (C=O) groups is 1. The molecule has 1 aliphatic heterocycles. The highest BCUT2D eigenvalue weighted by atomic mass is 16.4. The minimum Gasteiger partial charge on any atom is -0.480 e. The number of nitrogens with two attached hydrogens (primary N) is 1. The predicted octanol–water partition coefficient (Wildman–Crippen LogP) is 0.417. The molecule has 3 N–H and O–H groups in total. The maximum Gasteiger partial charge on any atom is 0.323 e. The lowest BCUT2D eigenvalue weighted by Crippen LogP contribution is -2.47. The molecule has 0 amide bonds. The van der Waals surface area contributed by atoms with Gasteiger partial charge in [0.1, 0.15) is 5.54 Å². The number of aliphatic carboxylic acids is 1. The Bertz CT molecular complexity index is 238. The molecule has 4 nitrogen and oxygen atoms in total. The van der Waals surface area contributed by atoms with Gasteiger partial charge in [0.15, 0.2) is 0 Å². The summed E-state index contributed by atoms with van der Waals surface area (Å²) in [5.41, 5.74) is 4.88. The Morgan fingerprint density at radius 3 is 2.57 bits per heavy atom. The standard InChI is InChI=1S/C10H18N2O2/c11-10(9(13)14)4-3-8(7-10)12-5-1-2-6-12/h8H,1-7,11H2,(H,13,14). The number of carboxylic acids is 1. The van der Waals surface area contributed by atoms with Crippen LogP contribution in [-0.2, 0) is 4.79 Å². The van der Waals surface area contributed by atoms with E-state index in [1.54, 1.807) is 0 Å². The summed E-state index contributed by atoms with van der Waals surface area (Å²) in [6.07, 6.45) is 4.71. The first-order valence-corrected chi connectivity index (χ1v) is 5.38. The molecule has 0 aromatic heterocycles. The van der Waals surface area contributed by atoms with Crippen LogP contribution >= 0.6 is 0 Å². The average Bonchev–Trinajstić information content (AvgIpc) is 2.72. The molecule has 1 saturated carbocycles. The van der Waals surface area contributed by atoms with Gasteiger partial charge in [0.05, 0.1) is 0 Å². The van der Waals surface area contributed by atoms with Crippen LogP contribution < -0.4 is 5.73 Å². The summed E-state index contributed by atoms with van der Waals surface area (Å²) in [5.74, 6) is -0.834. The van der Waals surface area contributed by atoms with E-state index < -0.39 is 11.5 Å². The molecule has 0 aromatic rings. The molecule has 0 spiro atoms. The Morgan fingerprint density at radius 1 is 1.43 bits per heavy atom. The fourth-order valence-electron chi connectivity index (χ4n) is 2.66. The van der Waals surface area contributed by atoms with E-state index in [9.17, 15) is 4.79 Å². The van der Waals surface area contributed by atoms with Crippen molar-refractivity contribution in [1.82, 2.24) is 4.90 Å². The molecule has 0 bridgehead atoms. The molecular weight excluding hydrogens is 180 g/mol. The van der Waals surface area contributed by atoms with Gasteiger partial charge >= 0.3 is 5.97 Å². The molecule has 1 saturated heterocycles. The van der Waals surface area contributed by atoms with Crippen molar-refractivity contribution in [3.05, 3.63) is 0 Å². The molecule has 0 aromatic carbocycles. The van der Waals surface area contributed by atoms with Gasteiger partial charge in [0.2, 0.25) is 0 Å². The SMILES string of the molecule is NC1(C(=O)O)CCC(N2CCCC2)C1. The molecule has 2 aliphatic rings. The summed E-state index contributed by atoms with van der Waals surface area (Å²) in [6.45, 7) is 2.25. The van der Waals surface area contributed by atoms with E-state index in [1.807, 2.05) is 0 Å². The van der Waals surface area contributed by atoms with Crippen LogP contribution in [0.2, 0.25) is 0 Å². The van der Waals surface area contributed by atoms with E-state index in [0.29, 0.717) is 18.9 Å². The zero-order chi connectivity index (χ0) is 10.2. The fourth-order valence-corrected chi connectivity index (χ4v) is 2.66. The monoisotopic (exact) mass is 198 g/mol. The quantitative estimate of drug-likeness (QED) is 0.674. The summed E-state index contributed by atoms with van der Waals surface area (Å²) in [7, 11) is 0. The normalized spacial score (nSPS) is 39.1. The van der Waals surface area contributed by atoms with Crippen molar-refractivity contribution < 1.29 is 9.90 Å².